The zero-order chi connectivity index (χ0) is 19.1. The first kappa shape index (κ1) is 17.5. The second kappa shape index (κ2) is 6.68. The number of nitrogens with one attached hydrogen (secondary N) is 1. The third kappa shape index (κ3) is 3.05. The summed E-state index contributed by atoms with van der Waals surface area (Å²) >= 11 is 0. The van der Waals surface area contributed by atoms with Crippen LogP contribution in [-0.4, -0.2) is 37.3 Å². The molecule has 0 aliphatic carbocycles. The molecule has 3 heterocycles. The van der Waals surface area contributed by atoms with E-state index < -0.39 is 0 Å². The number of hydrogen-bond donors (Lipinski definition) is 1. The van der Waals surface area contributed by atoms with Crippen LogP contribution >= 0.6 is 0 Å². The third-order valence-corrected chi connectivity index (χ3v) is 5.57. The number of carbonyl (C=O) groups excluding carboxylic acids is 1. The summed E-state index contributed by atoms with van der Waals surface area (Å²) in [5.74, 6) is 0.00557. The number of aromatic nitrogens is 4. The average Bonchev–Trinajstić information content (AvgIpc) is 3.36. The molecule has 140 valence electrons. The number of benzene rings is 1. The Balaban J connectivity index is 1.61. The predicted octanol–water partition coefficient (Wildman–Crippen LogP) is 3.71. The van der Waals surface area contributed by atoms with E-state index >= 15 is 0 Å². The molecule has 1 atom stereocenters. The molecule has 1 aliphatic rings. The molecule has 0 radical (unpaired) electrons. The Morgan fingerprint density at radius 2 is 1.93 bits per heavy atom. The van der Waals surface area contributed by atoms with Gasteiger partial charge < -0.3 is 4.90 Å². The predicted molar refractivity (Wildman–Crippen MR) is 104 cm³/mol. The van der Waals surface area contributed by atoms with Crippen molar-refractivity contribution in [1.29, 1.82) is 0 Å². The maximum Gasteiger partial charge on any atom is 0.272 e. The van der Waals surface area contributed by atoms with E-state index in [9.17, 15) is 4.79 Å². The summed E-state index contributed by atoms with van der Waals surface area (Å²) in [5.41, 5.74) is 6.86. The molecule has 1 fully saturated rings. The summed E-state index contributed by atoms with van der Waals surface area (Å²) in [6.07, 6.45) is 1.97. The van der Waals surface area contributed by atoms with Gasteiger partial charge in [0.15, 0.2) is 0 Å². The molecule has 1 aromatic carbocycles. The minimum atomic E-state index is 0.00557. The van der Waals surface area contributed by atoms with Crippen LogP contribution in [0.15, 0.2) is 30.3 Å². The fraction of sp³-hybridized carbons (Fsp3) is 0.381. The van der Waals surface area contributed by atoms with Gasteiger partial charge in [-0.2, -0.15) is 10.2 Å². The van der Waals surface area contributed by atoms with Gasteiger partial charge in [-0.05, 0) is 39.7 Å². The lowest BCUT2D eigenvalue weighted by Gasteiger charge is -2.24. The SMILES string of the molecule is Cc1ccc(-c2cc(C(=O)N3CCCC3c3c(C)nn(C)c3C)[nH]n2)cc1. The smallest absolute Gasteiger partial charge is 0.272 e. The van der Waals surface area contributed by atoms with E-state index in [-0.39, 0.29) is 11.9 Å². The molecule has 1 amide bonds. The zero-order valence-electron chi connectivity index (χ0n) is 16.3. The van der Waals surface area contributed by atoms with Gasteiger partial charge in [-0.1, -0.05) is 29.8 Å². The molecule has 2 aromatic heterocycles. The molecule has 6 heteroatoms. The van der Waals surface area contributed by atoms with Crippen LogP contribution in [0.3, 0.4) is 0 Å². The summed E-state index contributed by atoms with van der Waals surface area (Å²) in [6, 6.07) is 10.1. The molecule has 3 aromatic rings. The van der Waals surface area contributed by atoms with Crippen molar-refractivity contribution in [1.82, 2.24) is 24.9 Å². The van der Waals surface area contributed by atoms with Crippen LogP contribution in [-0.2, 0) is 7.05 Å². The monoisotopic (exact) mass is 363 g/mol. The Morgan fingerprint density at radius 1 is 1.19 bits per heavy atom. The molecular weight excluding hydrogens is 338 g/mol. The summed E-state index contributed by atoms with van der Waals surface area (Å²) < 4.78 is 1.90. The van der Waals surface area contributed by atoms with Crippen molar-refractivity contribution in [2.45, 2.75) is 39.7 Å². The van der Waals surface area contributed by atoms with Gasteiger partial charge in [0.1, 0.15) is 5.69 Å². The van der Waals surface area contributed by atoms with Crippen LogP contribution in [0.4, 0.5) is 0 Å². The van der Waals surface area contributed by atoms with E-state index in [1.54, 1.807) is 0 Å². The van der Waals surface area contributed by atoms with Gasteiger partial charge in [-0.15, -0.1) is 0 Å². The molecule has 0 bridgehead atoms. The maximum atomic E-state index is 13.2. The number of amides is 1. The molecule has 1 N–H and O–H groups in total. The van der Waals surface area contributed by atoms with Crippen molar-refractivity contribution in [3.63, 3.8) is 0 Å². The number of aromatic amines is 1. The maximum absolute atomic E-state index is 13.2. The summed E-state index contributed by atoms with van der Waals surface area (Å²) in [6.45, 7) is 6.91. The van der Waals surface area contributed by atoms with Crippen LogP contribution in [0.2, 0.25) is 0 Å². The van der Waals surface area contributed by atoms with E-state index in [0.717, 1.165) is 42.0 Å². The molecule has 0 spiro atoms. The van der Waals surface area contributed by atoms with Crippen LogP contribution in [0, 0.1) is 20.8 Å². The second-order valence-corrected chi connectivity index (χ2v) is 7.40. The highest BCUT2D eigenvalue weighted by Crippen LogP contribution is 2.36. The molecule has 6 nitrogen and oxygen atoms in total. The summed E-state index contributed by atoms with van der Waals surface area (Å²) in [5, 5.41) is 11.8. The van der Waals surface area contributed by atoms with Crippen LogP contribution < -0.4 is 0 Å². The normalized spacial score (nSPS) is 16.9. The lowest BCUT2D eigenvalue weighted by molar-refractivity contribution is 0.0729. The fourth-order valence-electron chi connectivity index (χ4n) is 4.04. The number of nitrogens with zero attached hydrogens (tertiary/aromatic N) is 4. The number of carbonyl (C=O) groups is 1. The average molecular weight is 363 g/mol. The Labute approximate surface area is 159 Å². The number of rotatable bonds is 3. The highest BCUT2D eigenvalue weighted by molar-refractivity contribution is 5.94. The van der Waals surface area contributed by atoms with E-state index in [1.807, 2.05) is 41.8 Å². The largest absolute Gasteiger partial charge is 0.330 e. The van der Waals surface area contributed by atoms with Crippen molar-refractivity contribution >= 4 is 5.91 Å². The molecule has 27 heavy (non-hydrogen) atoms. The van der Waals surface area contributed by atoms with Crippen molar-refractivity contribution in [3.8, 4) is 11.3 Å². The summed E-state index contributed by atoms with van der Waals surface area (Å²) in [4.78, 5) is 15.1. The van der Waals surface area contributed by atoms with Crippen molar-refractivity contribution in [2.24, 2.45) is 7.05 Å². The van der Waals surface area contributed by atoms with Gasteiger partial charge in [0.25, 0.3) is 5.91 Å². The molecule has 1 saturated heterocycles. The van der Waals surface area contributed by atoms with Gasteiger partial charge in [0.2, 0.25) is 0 Å². The number of H-pyrrole nitrogens is 1. The lowest BCUT2D eigenvalue weighted by Crippen LogP contribution is -2.31. The third-order valence-electron chi connectivity index (χ3n) is 5.57. The fourth-order valence-corrected chi connectivity index (χ4v) is 4.04. The second-order valence-electron chi connectivity index (χ2n) is 7.40. The van der Waals surface area contributed by atoms with Gasteiger partial charge in [-0.25, -0.2) is 0 Å². The highest BCUT2D eigenvalue weighted by Gasteiger charge is 2.34. The minimum Gasteiger partial charge on any atom is -0.330 e. The molecule has 4 rings (SSSR count). The minimum absolute atomic E-state index is 0.00557. The topological polar surface area (TPSA) is 66.8 Å². The zero-order valence-corrected chi connectivity index (χ0v) is 16.3. The van der Waals surface area contributed by atoms with E-state index in [4.69, 9.17) is 0 Å². The Morgan fingerprint density at radius 3 is 2.59 bits per heavy atom. The molecule has 1 unspecified atom stereocenters. The first-order chi connectivity index (χ1) is 13.0. The molecule has 1 aliphatic heterocycles. The number of aryl methyl sites for hydroxylation is 3. The van der Waals surface area contributed by atoms with E-state index in [2.05, 4.69) is 41.3 Å². The number of hydrogen-bond acceptors (Lipinski definition) is 3. The van der Waals surface area contributed by atoms with Crippen molar-refractivity contribution in [2.75, 3.05) is 6.54 Å². The lowest BCUT2D eigenvalue weighted by atomic mass is 10.0. The number of likely N-dealkylation sites (tertiary alicyclic amines) is 1. The van der Waals surface area contributed by atoms with Crippen LogP contribution in [0.25, 0.3) is 11.3 Å². The first-order valence-electron chi connectivity index (χ1n) is 9.39. The van der Waals surface area contributed by atoms with Gasteiger partial charge >= 0.3 is 0 Å². The van der Waals surface area contributed by atoms with Gasteiger partial charge in [-0.3, -0.25) is 14.6 Å². The van der Waals surface area contributed by atoms with Crippen molar-refractivity contribution in [3.05, 3.63) is 58.5 Å². The first-order valence-corrected chi connectivity index (χ1v) is 9.39. The highest BCUT2D eigenvalue weighted by atomic mass is 16.2. The van der Waals surface area contributed by atoms with Crippen molar-refractivity contribution < 1.29 is 4.79 Å². The van der Waals surface area contributed by atoms with Gasteiger partial charge in [0, 0.05) is 30.4 Å². The Bertz CT molecular complexity index is 983. The molecular formula is C21H25N5O. The standard InChI is InChI=1S/C21H25N5O/c1-13-7-9-16(10-8-13)17-12-18(23-22-17)21(27)26-11-5-6-19(26)20-14(2)24-25(4)15(20)3/h7-10,12,19H,5-6,11H2,1-4H3,(H,22,23). The van der Waals surface area contributed by atoms with Crippen LogP contribution in [0.5, 0.6) is 0 Å². The summed E-state index contributed by atoms with van der Waals surface area (Å²) in [7, 11) is 1.95. The van der Waals surface area contributed by atoms with E-state index in [1.165, 1.54) is 11.1 Å². The van der Waals surface area contributed by atoms with Crippen LogP contribution in [0.1, 0.15) is 51.9 Å². The van der Waals surface area contributed by atoms with E-state index in [0.29, 0.717) is 5.69 Å². The Kier molecular flexibility index (Phi) is 4.34. The Hall–Kier alpha value is -2.89. The molecule has 0 saturated carbocycles. The quantitative estimate of drug-likeness (QED) is 0.771. The van der Waals surface area contributed by atoms with Gasteiger partial charge in [0.05, 0.1) is 17.4 Å².